The standard InChI is InChI=1S/C13H17NO/c1-2-3-4-5-7-11-8-6-9-12(10-14)13(11)15/h6,8-9,15H,2-5,7H2,1H3. The number of nitrogens with zero attached hydrogens (tertiary/aromatic N) is 1. The van der Waals surface area contributed by atoms with Crippen molar-refractivity contribution < 1.29 is 5.11 Å². The van der Waals surface area contributed by atoms with E-state index in [2.05, 4.69) is 6.92 Å². The van der Waals surface area contributed by atoms with Gasteiger partial charge in [-0.3, -0.25) is 0 Å². The Morgan fingerprint density at radius 3 is 2.73 bits per heavy atom. The van der Waals surface area contributed by atoms with Gasteiger partial charge >= 0.3 is 0 Å². The third-order valence-corrected chi connectivity index (χ3v) is 2.54. The molecule has 0 amide bonds. The van der Waals surface area contributed by atoms with E-state index >= 15 is 0 Å². The van der Waals surface area contributed by atoms with Crippen LogP contribution in [0.15, 0.2) is 18.2 Å². The van der Waals surface area contributed by atoms with Gasteiger partial charge < -0.3 is 5.11 Å². The van der Waals surface area contributed by atoms with E-state index in [1.807, 2.05) is 18.2 Å². The molecule has 0 aliphatic carbocycles. The van der Waals surface area contributed by atoms with E-state index in [4.69, 9.17) is 5.26 Å². The average Bonchev–Trinajstić information content (AvgIpc) is 2.26. The molecule has 0 fully saturated rings. The number of phenolic OH excluding ortho intramolecular Hbond substituents is 1. The summed E-state index contributed by atoms with van der Waals surface area (Å²) in [5, 5.41) is 18.5. The number of aryl methyl sites for hydroxylation is 1. The van der Waals surface area contributed by atoms with Crippen molar-refractivity contribution in [1.82, 2.24) is 0 Å². The van der Waals surface area contributed by atoms with Crippen LogP contribution in [0, 0.1) is 11.3 Å². The molecule has 0 aliphatic heterocycles. The van der Waals surface area contributed by atoms with Crippen LogP contribution in [-0.4, -0.2) is 5.11 Å². The maximum Gasteiger partial charge on any atom is 0.136 e. The minimum absolute atomic E-state index is 0.163. The van der Waals surface area contributed by atoms with Gasteiger partial charge in [0.05, 0.1) is 5.56 Å². The summed E-state index contributed by atoms with van der Waals surface area (Å²) in [5.41, 5.74) is 1.27. The number of nitriles is 1. The number of hydrogen-bond acceptors (Lipinski definition) is 2. The van der Waals surface area contributed by atoms with Gasteiger partial charge in [0.2, 0.25) is 0 Å². The molecule has 0 spiro atoms. The third kappa shape index (κ3) is 3.28. The molecule has 0 bridgehead atoms. The molecule has 2 heteroatoms. The average molecular weight is 203 g/mol. The Kier molecular flexibility index (Phi) is 4.70. The molecule has 1 N–H and O–H groups in total. The Hall–Kier alpha value is -1.49. The van der Waals surface area contributed by atoms with E-state index in [0.29, 0.717) is 5.56 Å². The van der Waals surface area contributed by atoms with Crippen molar-refractivity contribution in [3.05, 3.63) is 29.3 Å². The van der Waals surface area contributed by atoms with Crippen LogP contribution in [0.25, 0.3) is 0 Å². The van der Waals surface area contributed by atoms with Gasteiger partial charge in [-0.05, 0) is 24.5 Å². The van der Waals surface area contributed by atoms with Crippen molar-refractivity contribution in [2.75, 3.05) is 0 Å². The highest BCUT2D eigenvalue weighted by Gasteiger charge is 2.05. The summed E-state index contributed by atoms with van der Waals surface area (Å²) in [5.74, 6) is 0.163. The first kappa shape index (κ1) is 11.6. The molecule has 1 rings (SSSR count). The summed E-state index contributed by atoms with van der Waals surface area (Å²) in [6, 6.07) is 7.35. The lowest BCUT2D eigenvalue weighted by molar-refractivity contribution is 0.464. The summed E-state index contributed by atoms with van der Waals surface area (Å²) in [7, 11) is 0. The largest absolute Gasteiger partial charge is 0.506 e. The lowest BCUT2D eigenvalue weighted by Gasteiger charge is -2.05. The molecule has 1 aromatic rings. The first-order valence-electron chi connectivity index (χ1n) is 5.50. The minimum atomic E-state index is 0.163. The van der Waals surface area contributed by atoms with Gasteiger partial charge in [0.1, 0.15) is 11.8 Å². The van der Waals surface area contributed by atoms with Gasteiger partial charge in [0, 0.05) is 0 Å². The summed E-state index contributed by atoms with van der Waals surface area (Å²) in [6.07, 6.45) is 5.58. The van der Waals surface area contributed by atoms with E-state index in [1.165, 1.54) is 19.3 Å². The first-order valence-corrected chi connectivity index (χ1v) is 5.50. The van der Waals surface area contributed by atoms with Gasteiger partial charge in [-0.15, -0.1) is 0 Å². The molecule has 0 aromatic heterocycles. The van der Waals surface area contributed by atoms with E-state index in [-0.39, 0.29) is 5.75 Å². The monoisotopic (exact) mass is 203 g/mol. The van der Waals surface area contributed by atoms with Crippen molar-refractivity contribution in [3.63, 3.8) is 0 Å². The molecule has 0 saturated heterocycles. The molecule has 0 aliphatic rings. The Balaban J connectivity index is 2.58. The molecule has 0 radical (unpaired) electrons. The molecule has 0 atom stereocenters. The highest BCUT2D eigenvalue weighted by atomic mass is 16.3. The van der Waals surface area contributed by atoms with Crippen LogP contribution in [0.5, 0.6) is 5.75 Å². The molecule has 0 unspecified atom stereocenters. The lowest BCUT2D eigenvalue weighted by Crippen LogP contribution is -1.89. The van der Waals surface area contributed by atoms with Crippen LogP contribution < -0.4 is 0 Å². The number of para-hydroxylation sites is 1. The number of benzene rings is 1. The summed E-state index contributed by atoms with van der Waals surface area (Å²) < 4.78 is 0. The van der Waals surface area contributed by atoms with Crippen LogP contribution in [0.2, 0.25) is 0 Å². The summed E-state index contributed by atoms with van der Waals surface area (Å²) in [6.45, 7) is 2.17. The number of aromatic hydroxyl groups is 1. The predicted molar refractivity (Wildman–Crippen MR) is 60.7 cm³/mol. The number of unbranched alkanes of at least 4 members (excludes halogenated alkanes) is 3. The van der Waals surface area contributed by atoms with E-state index in [0.717, 1.165) is 18.4 Å². The van der Waals surface area contributed by atoms with Gasteiger partial charge in [-0.2, -0.15) is 5.26 Å². The second kappa shape index (κ2) is 6.08. The van der Waals surface area contributed by atoms with E-state index in [1.54, 1.807) is 6.07 Å². The van der Waals surface area contributed by atoms with Crippen LogP contribution in [0.3, 0.4) is 0 Å². The minimum Gasteiger partial charge on any atom is -0.506 e. The fourth-order valence-corrected chi connectivity index (χ4v) is 1.63. The second-order valence-corrected chi connectivity index (χ2v) is 3.74. The topological polar surface area (TPSA) is 44.0 Å². The Bertz CT molecular complexity index is 352. The van der Waals surface area contributed by atoms with Crippen LogP contribution in [-0.2, 0) is 6.42 Å². The third-order valence-electron chi connectivity index (χ3n) is 2.54. The molecular weight excluding hydrogens is 186 g/mol. The second-order valence-electron chi connectivity index (χ2n) is 3.74. The lowest BCUT2D eigenvalue weighted by atomic mass is 10.0. The summed E-state index contributed by atoms with van der Waals surface area (Å²) >= 11 is 0. The van der Waals surface area contributed by atoms with Crippen molar-refractivity contribution in [1.29, 1.82) is 5.26 Å². The van der Waals surface area contributed by atoms with Crippen LogP contribution >= 0.6 is 0 Å². The highest BCUT2D eigenvalue weighted by Crippen LogP contribution is 2.23. The van der Waals surface area contributed by atoms with E-state index < -0.39 is 0 Å². The zero-order chi connectivity index (χ0) is 11.1. The van der Waals surface area contributed by atoms with Crippen molar-refractivity contribution in [2.24, 2.45) is 0 Å². The summed E-state index contributed by atoms with van der Waals surface area (Å²) in [4.78, 5) is 0. The zero-order valence-electron chi connectivity index (χ0n) is 9.16. The van der Waals surface area contributed by atoms with E-state index in [9.17, 15) is 5.11 Å². The Morgan fingerprint density at radius 2 is 2.07 bits per heavy atom. The van der Waals surface area contributed by atoms with Gasteiger partial charge in [-0.25, -0.2) is 0 Å². The van der Waals surface area contributed by atoms with Gasteiger partial charge in [0.15, 0.2) is 0 Å². The zero-order valence-corrected chi connectivity index (χ0v) is 9.16. The fraction of sp³-hybridized carbons (Fsp3) is 0.462. The molecule has 80 valence electrons. The molecular formula is C13H17NO. The number of hydrogen-bond donors (Lipinski definition) is 1. The highest BCUT2D eigenvalue weighted by molar-refractivity contribution is 5.47. The molecule has 0 heterocycles. The Labute approximate surface area is 91.2 Å². The number of rotatable bonds is 5. The predicted octanol–water partition coefficient (Wildman–Crippen LogP) is 3.39. The normalized spacial score (nSPS) is 9.87. The van der Waals surface area contributed by atoms with Crippen molar-refractivity contribution in [2.45, 2.75) is 39.0 Å². The van der Waals surface area contributed by atoms with Crippen LogP contribution in [0.4, 0.5) is 0 Å². The molecule has 0 saturated carbocycles. The maximum atomic E-state index is 9.72. The van der Waals surface area contributed by atoms with Crippen LogP contribution in [0.1, 0.15) is 43.7 Å². The Morgan fingerprint density at radius 1 is 1.27 bits per heavy atom. The first-order chi connectivity index (χ1) is 7.29. The molecule has 1 aromatic carbocycles. The molecule has 2 nitrogen and oxygen atoms in total. The van der Waals surface area contributed by atoms with Crippen molar-refractivity contribution in [3.8, 4) is 11.8 Å². The van der Waals surface area contributed by atoms with Gasteiger partial charge in [-0.1, -0.05) is 38.3 Å². The van der Waals surface area contributed by atoms with Gasteiger partial charge in [0.25, 0.3) is 0 Å². The van der Waals surface area contributed by atoms with Crippen molar-refractivity contribution >= 4 is 0 Å². The SMILES string of the molecule is CCCCCCc1cccc(C#N)c1O. The smallest absolute Gasteiger partial charge is 0.136 e. The quantitative estimate of drug-likeness (QED) is 0.745. The molecule has 15 heavy (non-hydrogen) atoms. The fourth-order valence-electron chi connectivity index (χ4n) is 1.63. The maximum absolute atomic E-state index is 9.72. The number of phenols is 1.